The van der Waals surface area contributed by atoms with Crippen LogP contribution in [0.1, 0.15) is 38.6 Å². The zero-order chi connectivity index (χ0) is 17.8. The number of halogens is 1. The van der Waals surface area contributed by atoms with Crippen LogP contribution in [0.5, 0.6) is 5.75 Å². The van der Waals surface area contributed by atoms with Crippen molar-refractivity contribution in [1.29, 1.82) is 0 Å². The quantitative estimate of drug-likeness (QED) is 0.655. The molecular formula is C17H21BrN4O2S. The molecule has 1 heterocycles. The minimum atomic E-state index is -0.233. The Balaban J connectivity index is 1.63. The molecule has 134 valence electrons. The Kier molecular flexibility index (Phi) is 6.01. The summed E-state index contributed by atoms with van der Waals surface area (Å²) < 4.78 is 8.97. The Labute approximate surface area is 159 Å². The molecule has 0 aliphatic heterocycles. The number of ether oxygens (including phenoxy) is 1. The molecule has 1 aromatic heterocycles. The Morgan fingerprint density at radius 2 is 2.12 bits per heavy atom. The summed E-state index contributed by atoms with van der Waals surface area (Å²) in [6.07, 6.45) is 1.95. The van der Waals surface area contributed by atoms with Gasteiger partial charge in [-0.2, -0.15) is 0 Å². The molecule has 3 rings (SSSR count). The highest BCUT2D eigenvalue weighted by Gasteiger charge is 2.24. The van der Waals surface area contributed by atoms with Crippen molar-refractivity contribution in [3.05, 3.63) is 34.6 Å². The molecule has 1 unspecified atom stereocenters. The number of thioether (sulfide) groups is 1. The van der Waals surface area contributed by atoms with Crippen molar-refractivity contribution in [2.75, 3.05) is 5.75 Å². The van der Waals surface area contributed by atoms with Crippen molar-refractivity contribution in [1.82, 2.24) is 20.1 Å². The molecule has 8 heteroatoms. The fraction of sp³-hybridized carbons (Fsp3) is 0.471. The Hall–Kier alpha value is -1.54. The van der Waals surface area contributed by atoms with Gasteiger partial charge in [-0.25, -0.2) is 0 Å². The van der Waals surface area contributed by atoms with Gasteiger partial charge in [0, 0.05) is 17.1 Å². The van der Waals surface area contributed by atoms with Gasteiger partial charge in [0.1, 0.15) is 5.75 Å². The number of rotatable bonds is 8. The van der Waals surface area contributed by atoms with E-state index in [9.17, 15) is 4.79 Å². The first-order valence-electron chi connectivity index (χ1n) is 8.34. The molecule has 1 aromatic carbocycles. The van der Waals surface area contributed by atoms with Gasteiger partial charge in [0.25, 0.3) is 0 Å². The van der Waals surface area contributed by atoms with Gasteiger partial charge >= 0.3 is 0 Å². The molecule has 0 radical (unpaired) electrons. The smallest absolute Gasteiger partial charge is 0.230 e. The van der Waals surface area contributed by atoms with Gasteiger partial charge in [0.2, 0.25) is 5.91 Å². The number of carbonyl (C=O) groups is 1. The Morgan fingerprint density at radius 1 is 1.40 bits per heavy atom. The first kappa shape index (κ1) is 18.3. The average molecular weight is 425 g/mol. The summed E-state index contributed by atoms with van der Waals surface area (Å²) in [5.41, 5.74) is 0. The van der Waals surface area contributed by atoms with E-state index >= 15 is 0 Å². The molecule has 0 saturated heterocycles. The summed E-state index contributed by atoms with van der Waals surface area (Å²) in [5, 5.41) is 12.2. The Morgan fingerprint density at radius 3 is 2.76 bits per heavy atom. The lowest BCUT2D eigenvalue weighted by molar-refractivity contribution is -0.118. The van der Waals surface area contributed by atoms with E-state index in [1.807, 2.05) is 42.7 Å². The first-order valence-corrected chi connectivity index (χ1v) is 10.1. The molecule has 0 spiro atoms. The number of carbonyl (C=O) groups excluding carboxylic acids is 1. The van der Waals surface area contributed by atoms with E-state index in [0.29, 0.717) is 11.8 Å². The molecule has 1 N–H and O–H groups in total. The summed E-state index contributed by atoms with van der Waals surface area (Å²) in [4.78, 5) is 11.9. The van der Waals surface area contributed by atoms with Crippen LogP contribution in [0.4, 0.5) is 0 Å². The zero-order valence-electron chi connectivity index (χ0n) is 14.2. The lowest BCUT2D eigenvalue weighted by atomic mass is 10.3. The molecule has 25 heavy (non-hydrogen) atoms. The molecule has 1 aliphatic carbocycles. The molecule has 1 amide bonds. The van der Waals surface area contributed by atoms with Crippen LogP contribution in [0.3, 0.4) is 0 Å². The lowest BCUT2D eigenvalue weighted by Gasteiger charge is -2.15. The third-order valence-electron chi connectivity index (χ3n) is 3.83. The number of benzene rings is 1. The van der Waals surface area contributed by atoms with Crippen molar-refractivity contribution < 1.29 is 9.53 Å². The molecule has 1 atom stereocenters. The topological polar surface area (TPSA) is 69.0 Å². The maximum Gasteiger partial charge on any atom is 0.230 e. The van der Waals surface area contributed by atoms with Crippen molar-refractivity contribution in [2.24, 2.45) is 0 Å². The predicted octanol–water partition coefficient (Wildman–Crippen LogP) is 3.57. The summed E-state index contributed by atoms with van der Waals surface area (Å²) >= 11 is 4.82. The zero-order valence-corrected chi connectivity index (χ0v) is 16.6. The lowest BCUT2D eigenvalue weighted by Crippen LogP contribution is -2.27. The summed E-state index contributed by atoms with van der Waals surface area (Å²) in [7, 11) is 0. The first-order chi connectivity index (χ1) is 12.1. The minimum Gasteiger partial charge on any atom is -0.483 e. The minimum absolute atomic E-state index is 0.0545. The fourth-order valence-electron chi connectivity index (χ4n) is 2.40. The Bertz CT molecular complexity index is 731. The average Bonchev–Trinajstić information content (AvgIpc) is 3.31. The van der Waals surface area contributed by atoms with Crippen molar-refractivity contribution in [3.8, 4) is 5.75 Å². The number of nitrogens with one attached hydrogen (secondary N) is 1. The van der Waals surface area contributed by atoms with Crippen LogP contribution in [0, 0.1) is 0 Å². The second kappa shape index (κ2) is 8.23. The second-order valence-electron chi connectivity index (χ2n) is 5.93. The van der Waals surface area contributed by atoms with E-state index in [1.165, 1.54) is 11.8 Å². The summed E-state index contributed by atoms with van der Waals surface area (Å²) in [5.74, 6) is 1.95. The van der Waals surface area contributed by atoms with Gasteiger partial charge in [0.15, 0.2) is 17.1 Å². The maximum atomic E-state index is 11.9. The molecule has 1 saturated carbocycles. The van der Waals surface area contributed by atoms with Gasteiger partial charge in [-0.15, -0.1) is 10.2 Å². The third-order valence-corrected chi connectivity index (χ3v) is 5.32. The highest BCUT2D eigenvalue weighted by Crippen LogP contribution is 2.26. The van der Waals surface area contributed by atoms with Gasteiger partial charge in [0.05, 0.1) is 5.75 Å². The van der Waals surface area contributed by atoms with Crippen LogP contribution in [0.25, 0.3) is 0 Å². The SMILES string of the molecule is CCn1c(SCC(=O)NC2CC2)nnc1C(C)Oc1ccc(Br)cc1. The van der Waals surface area contributed by atoms with E-state index < -0.39 is 0 Å². The standard InChI is InChI=1S/C17H21BrN4O2S/c1-3-22-16(11(2)24-14-8-4-12(18)5-9-14)20-21-17(22)25-10-15(23)19-13-6-7-13/h4-5,8-9,11,13H,3,6-7,10H2,1-2H3,(H,19,23). The van der Waals surface area contributed by atoms with Crippen LogP contribution in [0.2, 0.25) is 0 Å². The highest BCUT2D eigenvalue weighted by molar-refractivity contribution is 9.10. The van der Waals surface area contributed by atoms with Gasteiger partial charge in [-0.05, 0) is 51.0 Å². The number of hydrogen-bond donors (Lipinski definition) is 1. The van der Waals surface area contributed by atoms with Crippen molar-refractivity contribution >= 4 is 33.6 Å². The van der Waals surface area contributed by atoms with Crippen LogP contribution >= 0.6 is 27.7 Å². The predicted molar refractivity (Wildman–Crippen MR) is 101 cm³/mol. The number of aromatic nitrogens is 3. The number of nitrogens with zero attached hydrogens (tertiary/aromatic N) is 3. The van der Waals surface area contributed by atoms with Gasteiger partial charge in [-0.3, -0.25) is 4.79 Å². The molecule has 1 aliphatic rings. The number of hydrogen-bond acceptors (Lipinski definition) is 5. The second-order valence-corrected chi connectivity index (χ2v) is 7.79. The van der Waals surface area contributed by atoms with Crippen LogP contribution < -0.4 is 10.1 Å². The van der Waals surface area contributed by atoms with E-state index in [1.54, 1.807) is 0 Å². The molecule has 0 bridgehead atoms. The largest absolute Gasteiger partial charge is 0.483 e. The van der Waals surface area contributed by atoms with E-state index in [2.05, 4.69) is 31.4 Å². The highest BCUT2D eigenvalue weighted by atomic mass is 79.9. The van der Waals surface area contributed by atoms with E-state index in [4.69, 9.17) is 4.74 Å². The number of amides is 1. The van der Waals surface area contributed by atoms with Crippen LogP contribution in [-0.2, 0) is 11.3 Å². The molecular weight excluding hydrogens is 404 g/mol. The summed E-state index contributed by atoms with van der Waals surface area (Å²) in [6.45, 7) is 4.71. The molecule has 6 nitrogen and oxygen atoms in total. The van der Waals surface area contributed by atoms with Gasteiger partial charge < -0.3 is 14.6 Å². The van der Waals surface area contributed by atoms with Crippen molar-refractivity contribution in [2.45, 2.75) is 50.5 Å². The van der Waals surface area contributed by atoms with Gasteiger partial charge in [-0.1, -0.05) is 27.7 Å². The monoisotopic (exact) mass is 424 g/mol. The van der Waals surface area contributed by atoms with E-state index in [-0.39, 0.29) is 12.0 Å². The van der Waals surface area contributed by atoms with Crippen LogP contribution in [0.15, 0.2) is 33.9 Å². The maximum absolute atomic E-state index is 11.9. The van der Waals surface area contributed by atoms with E-state index in [0.717, 1.165) is 40.6 Å². The third kappa shape index (κ3) is 4.98. The molecule has 2 aromatic rings. The van der Waals surface area contributed by atoms with Crippen molar-refractivity contribution in [3.63, 3.8) is 0 Å². The molecule has 1 fully saturated rings. The normalized spacial score (nSPS) is 15.0. The summed E-state index contributed by atoms with van der Waals surface area (Å²) in [6, 6.07) is 8.07. The fourth-order valence-corrected chi connectivity index (χ4v) is 3.49. The van der Waals surface area contributed by atoms with Crippen LogP contribution in [-0.4, -0.2) is 32.5 Å².